The molecule has 0 amide bonds. The molecule has 0 bridgehead atoms. The lowest BCUT2D eigenvalue weighted by Gasteiger charge is -2.20. The maximum atomic E-state index is 12.3. The fourth-order valence-corrected chi connectivity index (χ4v) is 3.59. The van der Waals surface area contributed by atoms with Gasteiger partial charge in [0.25, 0.3) is 0 Å². The van der Waals surface area contributed by atoms with Gasteiger partial charge in [-0.15, -0.1) is 0 Å². The van der Waals surface area contributed by atoms with Crippen LogP contribution in [0.25, 0.3) is 0 Å². The zero-order valence-electron chi connectivity index (χ0n) is 13.0. The zero-order chi connectivity index (χ0) is 15.6. The summed E-state index contributed by atoms with van der Waals surface area (Å²) >= 11 is 0. The Morgan fingerprint density at radius 3 is 2.52 bits per heavy atom. The van der Waals surface area contributed by atoms with Crippen LogP contribution >= 0.6 is 0 Å². The van der Waals surface area contributed by atoms with Gasteiger partial charge in [0.1, 0.15) is 0 Å². The molecule has 0 radical (unpaired) electrons. The van der Waals surface area contributed by atoms with E-state index in [1.807, 2.05) is 13.8 Å². The standard InChI is InChI=1S/C15H25N3O2S/c1-4-18(13-5-6-13)8-7-17-21(19,20)14-9-11(2)12(3)15(16)10-14/h9-10,13,17H,4-8,16H2,1-3H3. The molecule has 1 aliphatic rings. The van der Waals surface area contributed by atoms with Crippen molar-refractivity contribution in [1.82, 2.24) is 9.62 Å². The van der Waals surface area contributed by atoms with Crippen molar-refractivity contribution in [3.05, 3.63) is 23.3 Å². The normalized spacial score (nSPS) is 15.6. The summed E-state index contributed by atoms with van der Waals surface area (Å²) in [5.41, 5.74) is 8.20. The van der Waals surface area contributed by atoms with E-state index in [-0.39, 0.29) is 4.90 Å². The minimum Gasteiger partial charge on any atom is -0.398 e. The Labute approximate surface area is 127 Å². The molecule has 0 unspecified atom stereocenters. The molecule has 1 aromatic carbocycles. The van der Waals surface area contributed by atoms with Crippen LogP contribution in [0.5, 0.6) is 0 Å². The van der Waals surface area contributed by atoms with Gasteiger partial charge in [0, 0.05) is 24.8 Å². The number of nitrogens with one attached hydrogen (secondary N) is 1. The third-order valence-corrected chi connectivity index (χ3v) is 5.59. The third kappa shape index (κ3) is 3.96. The molecular formula is C15H25N3O2S. The van der Waals surface area contributed by atoms with Crippen molar-refractivity contribution < 1.29 is 8.42 Å². The molecule has 0 saturated heterocycles. The summed E-state index contributed by atoms with van der Waals surface area (Å²) in [6.07, 6.45) is 2.46. The second-order valence-electron chi connectivity index (χ2n) is 5.71. The second-order valence-corrected chi connectivity index (χ2v) is 7.48. The summed E-state index contributed by atoms with van der Waals surface area (Å²) in [6, 6.07) is 3.85. The Morgan fingerprint density at radius 2 is 2.00 bits per heavy atom. The maximum absolute atomic E-state index is 12.3. The average molecular weight is 311 g/mol. The van der Waals surface area contributed by atoms with E-state index < -0.39 is 10.0 Å². The van der Waals surface area contributed by atoms with Crippen molar-refractivity contribution in [2.75, 3.05) is 25.4 Å². The van der Waals surface area contributed by atoms with Gasteiger partial charge in [-0.1, -0.05) is 6.92 Å². The topological polar surface area (TPSA) is 75.4 Å². The summed E-state index contributed by atoms with van der Waals surface area (Å²) in [6.45, 7) is 8.01. The van der Waals surface area contributed by atoms with Crippen molar-refractivity contribution in [1.29, 1.82) is 0 Å². The van der Waals surface area contributed by atoms with E-state index in [4.69, 9.17) is 5.73 Å². The van der Waals surface area contributed by atoms with Gasteiger partial charge in [-0.3, -0.25) is 4.90 Å². The number of nitrogen functional groups attached to an aromatic ring is 1. The smallest absolute Gasteiger partial charge is 0.240 e. The van der Waals surface area contributed by atoms with Crippen LogP contribution in [0, 0.1) is 13.8 Å². The molecule has 1 fully saturated rings. The summed E-state index contributed by atoms with van der Waals surface area (Å²) in [4.78, 5) is 2.56. The number of hydrogen-bond acceptors (Lipinski definition) is 4. The molecule has 0 spiro atoms. The predicted molar refractivity (Wildman–Crippen MR) is 85.8 cm³/mol. The number of rotatable bonds is 7. The molecule has 3 N–H and O–H groups in total. The van der Waals surface area contributed by atoms with Crippen molar-refractivity contribution >= 4 is 15.7 Å². The number of likely N-dealkylation sites (N-methyl/N-ethyl adjacent to an activating group) is 1. The first-order valence-electron chi connectivity index (χ1n) is 7.45. The van der Waals surface area contributed by atoms with Crippen molar-refractivity contribution in [3.63, 3.8) is 0 Å². The molecule has 1 saturated carbocycles. The van der Waals surface area contributed by atoms with E-state index in [1.54, 1.807) is 6.07 Å². The SMILES string of the molecule is CCN(CCNS(=O)(=O)c1cc(C)c(C)c(N)c1)C1CC1. The lowest BCUT2D eigenvalue weighted by molar-refractivity contribution is 0.282. The Morgan fingerprint density at radius 1 is 1.33 bits per heavy atom. The monoisotopic (exact) mass is 311 g/mol. The van der Waals surface area contributed by atoms with Gasteiger partial charge in [-0.25, -0.2) is 13.1 Å². The fraction of sp³-hybridized carbons (Fsp3) is 0.600. The molecule has 21 heavy (non-hydrogen) atoms. The molecule has 5 nitrogen and oxygen atoms in total. The minimum absolute atomic E-state index is 0.248. The summed E-state index contributed by atoms with van der Waals surface area (Å²) < 4.78 is 27.3. The molecular weight excluding hydrogens is 286 g/mol. The Balaban J connectivity index is 2.01. The maximum Gasteiger partial charge on any atom is 0.240 e. The lowest BCUT2D eigenvalue weighted by Crippen LogP contribution is -2.36. The van der Waals surface area contributed by atoms with Crippen LogP contribution in [-0.4, -0.2) is 39.0 Å². The van der Waals surface area contributed by atoms with E-state index in [9.17, 15) is 8.42 Å². The summed E-state index contributed by atoms with van der Waals surface area (Å²) in [5, 5.41) is 0. The van der Waals surface area contributed by atoms with Gasteiger partial charge in [-0.05, 0) is 56.5 Å². The van der Waals surface area contributed by atoms with Crippen molar-refractivity contribution in [2.24, 2.45) is 0 Å². The van der Waals surface area contributed by atoms with E-state index in [2.05, 4.69) is 16.5 Å². The fourth-order valence-electron chi connectivity index (χ4n) is 2.45. The summed E-state index contributed by atoms with van der Waals surface area (Å²) in [5.74, 6) is 0. The Bertz CT molecular complexity index is 586. The highest BCUT2D eigenvalue weighted by atomic mass is 32.2. The van der Waals surface area contributed by atoms with Crippen LogP contribution in [0.3, 0.4) is 0 Å². The number of nitrogens with two attached hydrogens (primary N) is 1. The predicted octanol–water partition coefficient (Wildman–Crippen LogP) is 1.65. The molecule has 0 heterocycles. The van der Waals surface area contributed by atoms with Crippen LogP contribution in [0.2, 0.25) is 0 Å². The first-order valence-corrected chi connectivity index (χ1v) is 8.94. The number of nitrogens with zero attached hydrogens (tertiary/aromatic N) is 1. The van der Waals surface area contributed by atoms with Crippen LogP contribution in [0.15, 0.2) is 17.0 Å². The average Bonchev–Trinajstić information content (AvgIpc) is 3.24. The van der Waals surface area contributed by atoms with E-state index in [0.29, 0.717) is 18.3 Å². The number of anilines is 1. The highest BCUT2D eigenvalue weighted by Crippen LogP contribution is 2.26. The Hall–Kier alpha value is -1.11. The van der Waals surface area contributed by atoms with Gasteiger partial charge in [0.2, 0.25) is 10.0 Å². The molecule has 0 aromatic heterocycles. The molecule has 0 aliphatic heterocycles. The quantitative estimate of drug-likeness (QED) is 0.751. The van der Waals surface area contributed by atoms with Crippen LogP contribution in [-0.2, 0) is 10.0 Å². The van der Waals surface area contributed by atoms with E-state index in [1.165, 1.54) is 18.9 Å². The van der Waals surface area contributed by atoms with Crippen molar-refractivity contribution in [2.45, 2.75) is 44.6 Å². The van der Waals surface area contributed by atoms with E-state index >= 15 is 0 Å². The van der Waals surface area contributed by atoms with Gasteiger partial charge >= 0.3 is 0 Å². The van der Waals surface area contributed by atoms with Crippen LogP contribution in [0.1, 0.15) is 30.9 Å². The zero-order valence-corrected chi connectivity index (χ0v) is 13.8. The minimum atomic E-state index is -3.49. The third-order valence-electron chi connectivity index (χ3n) is 4.15. The Kier molecular flexibility index (Phi) is 4.91. The highest BCUT2D eigenvalue weighted by Gasteiger charge is 2.27. The lowest BCUT2D eigenvalue weighted by atomic mass is 10.1. The van der Waals surface area contributed by atoms with Crippen LogP contribution in [0.4, 0.5) is 5.69 Å². The van der Waals surface area contributed by atoms with Crippen molar-refractivity contribution in [3.8, 4) is 0 Å². The molecule has 1 aromatic rings. The number of sulfonamides is 1. The van der Waals surface area contributed by atoms with Gasteiger partial charge in [-0.2, -0.15) is 0 Å². The van der Waals surface area contributed by atoms with Crippen LogP contribution < -0.4 is 10.5 Å². The molecule has 0 atom stereocenters. The first-order chi connectivity index (χ1) is 9.85. The first kappa shape index (κ1) is 16.3. The summed E-state index contributed by atoms with van der Waals surface area (Å²) in [7, 11) is -3.49. The van der Waals surface area contributed by atoms with Gasteiger partial charge in [0.15, 0.2) is 0 Å². The van der Waals surface area contributed by atoms with Gasteiger partial charge < -0.3 is 5.73 Å². The molecule has 1 aliphatic carbocycles. The molecule has 2 rings (SSSR count). The van der Waals surface area contributed by atoms with Gasteiger partial charge in [0.05, 0.1) is 4.90 Å². The molecule has 6 heteroatoms. The highest BCUT2D eigenvalue weighted by molar-refractivity contribution is 7.89. The number of benzene rings is 1. The number of aryl methyl sites for hydroxylation is 1. The number of hydrogen-bond donors (Lipinski definition) is 2. The second kappa shape index (κ2) is 6.34. The molecule has 118 valence electrons. The van der Waals surface area contributed by atoms with E-state index in [0.717, 1.165) is 24.2 Å². The largest absolute Gasteiger partial charge is 0.398 e.